The number of carbonyl (C=O) groups excluding carboxylic acids is 1. The van der Waals surface area contributed by atoms with Crippen LogP contribution in [-0.2, 0) is 6.42 Å². The molecule has 0 saturated heterocycles. The maximum Gasteiger partial charge on any atom is 0.170 e. The maximum absolute atomic E-state index is 12.7. The van der Waals surface area contributed by atoms with E-state index in [9.17, 15) is 4.79 Å². The second-order valence-electron chi connectivity index (χ2n) is 5.07. The van der Waals surface area contributed by atoms with Crippen LogP contribution in [0.15, 0.2) is 34.1 Å². The van der Waals surface area contributed by atoms with Gasteiger partial charge in [-0.25, -0.2) is 0 Å². The fourth-order valence-electron chi connectivity index (χ4n) is 2.71. The Morgan fingerprint density at radius 3 is 3.00 bits per heavy atom. The molecule has 0 radical (unpaired) electrons. The summed E-state index contributed by atoms with van der Waals surface area (Å²) in [6.45, 7) is 2.04. The monoisotopic (exact) mass is 334 g/mol. The first kappa shape index (κ1) is 13.1. The molecule has 0 fully saturated rings. The molecule has 1 atom stereocenters. The Kier molecular flexibility index (Phi) is 3.59. The number of benzene rings is 1. The van der Waals surface area contributed by atoms with Crippen molar-refractivity contribution in [1.82, 2.24) is 0 Å². The third-order valence-corrected chi connectivity index (χ3v) is 5.68. The summed E-state index contributed by atoms with van der Waals surface area (Å²) in [5.74, 6) is 0.324. The van der Waals surface area contributed by atoms with Crippen LogP contribution < -0.4 is 0 Å². The van der Waals surface area contributed by atoms with Crippen molar-refractivity contribution >= 4 is 33.0 Å². The van der Waals surface area contributed by atoms with Gasteiger partial charge in [0.25, 0.3) is 0 Å². The molecule has 19 heavy (non-hydrogen) atoms. The number of rotatable bonds is 2. The van der Waals surface area contributed by atoms with Crippen LogP contribution in [0.3, 0.4) is 0 Å². The Balaban J connectivity index is 1.95. The van der Waals surface area contributed by atoms with Gasteiger partial charge in [0.2, 0.25) is 0 Å². The average molecular weight is 335 g/mol. The number of Topliss-reactive ketones (excluding diaryl/α,β-unsaturated/α-hetero) is 1. The predicted octanol–water partition coefficient (Wildman–Crippen LogP) is 5.12. The summed E-state index contributed by atoms with van der Waals surface area (Å²) in [5.41, 5.74) is 3.25. The molecule has 1 unspecified atom stereocenters. The lowest BCUT2D eigenvalue weighted by atomic mass is 9.82. The van der Waals surface area contributed by atoms with E-state index in [-0.39, 0.29) is 11.7 Å². The van der Waals surface area contributed by atoms with Gasteiger partial charge in [-0.15, -0.1) is 11.3 Å². The SMILES string of the molecule is Cc1ccc(C(=O)C2CCCc3sccc32)cc1Br. The normalized spacial score (nSPS) is 18.1. The smallest absolute Gasteiger partial charge is 0.170 e. The summed E-state index contributed by atoms with van der Waals surface area (Å²) in [4.78, 5) is 14.1. The van der Waals surface area contributed by atoms with Gasteiger partial charge in [-0.2, -0.15) is 0 Å². The summed E-state index contributed by atoms with van der Waals surface area (Å²) in [5, 5.41) is 2.11. The van der Waals surface area contributed by atoms with E-state index < -0.39 is 0 Å². The van der Waals surface area contributed by atoms with Gasteiger partial charge in [0, 0.05) is 20.8 Å². The zero-order chi connectivity index (χ0) is 13.4. The van der Waals surface area contributed by atoms with Crippen LogP contribution in [0.1, 0.15) is 45.1 Å². The van der Waals surface area contributed by atoms with Crippen LogP contribution in [0.4, 0.5) is 0 Å². The Morgan fingerprint density at radius 1 is 1.37 bits per heavy atom. The van der Waals surface area contributed by atoms with E-state index in [0.717, 1.165) is 34.9 Å². The van der Waals surface area contributed by atoms with Crippen molar-refractivity contribution < 1.29 is 4.79 Å². The van der Waals surface area contributed by atoms with E-state index in [0.29, 0.717) is 0 Å². The number of carbonyl (C=O) groups is 1. The first-order valence-electron chi connectivity index (χ1n) is 6.53. The summed E-state index contributed by atoms with van der Waals surface area (Å²) >= 11 is 5.30. The number of ketones is 1. The molecule has 0 bridgehead atoms. The Hall–Kier alpha value is -0.930. The fraction of sp³-hybridized carbons (Fsp3) is 0.312. The maximum atomic E-state index is 12.7. The number of thiophene rings is 1. The van der Waals surface area contributed by atoms with Gasteiger partial charge in [-0.3, -0.25) is 4.79 Å². The second kappa shape index (κ2) is 5.22. The van der Waals surface area contributed by atoms with Gasteiger partial charge in [-0.1, -0.05) is 28.1 Å². The standard InChI is InChI=1S/C16H15BrOS/c1-10-5-6-11(9-14(10)17)16(18)13-3-2-4-15-12(13)7-8-19-15/h5-9,13H,2-4H2,1H3. The molecule has 1 aliphatic carbocycles. The minimum absolute atomic E-state index is 0.0598. The summed E-state index contributed by atoms with van der Waals surface area (Å²) in [6, 6.07) is 8.04. The zero-order valence-electron chi connectivity index (χ0n) is 10.8. The lowest BCUT2D eigenvalue weighted by Gasteiger charge is -2.21. The predicted molar refractivity (Wildman–Crippen MR) is 83.2 cm³/mol. The van der Waals surface area contributed by atoms with E-state index in [1.54, 1.807) is 11.3 Å². The highest BCUT2D eigenvalue weighted by molar-refractivity contribution is 9.10. The van der Waals surface area contributed by atoms with Crippen molar-refractivity contribution in [3.63, 3.8) is 0 Å². The third-order valence-electron chi connectivity index (χ3n) is 3.82. The van der Waals surface area contributed by atoms with Crippen LogP contribution >= 0.6 is 27.3 Å². The van der Waals surface area contributed by atoms with Gasteiger partial charge in [0.05, 0.1) is 0 Å². The molecule has 0 amide bonds. The van der Waals surface area contributed by atoms with Gasteiger partial charge >= 0.3 is 0 Å². The van der Waals surface area contributed by atoms with Crippen molar-refractivity contribution in [3.05, 3.63) is 55.7 Å². The number of fused-ring (bicyclic) bond motifs is 1. The third kappa shape index (κ3) is 2.41. The van der Waals surface area contributed by atoms with E-state index in [2.05, 4.69) is 27.4 Å². The number of hydrogen-bond acceptors (Lipinski definition) is 2. The molecule has 0 aliphatic heterocycles. The number of halogens is 1. The first-order chi connectivity index (χ1) is 9.16. The van der Waals surface area contributed by atoms with E-state index in [4.69, 9.17) is 0 Å². The summed E-state index contributed by atoms with van der Waals surface area (Å²) < 4.78 is 1.01. The lowest BCUT2D eigenvalue weighted by Crippen LogP contribution is -2.17. The largest absolute Gasteiger partial charge is 0.293 e. The van der Waals surface area contributed by atoms with Crippen molar-refractivity contribution in [2.75, 3.05) is 0 Å². The highest BCUT2D eigenvalue weighted by atomic mass is 79.9. The van der Waals surface area contributed by atoms with Crippen molar-refractivity contribution in [1.29, 1.82) is 0 Å². The second-order valence-corrected chi connectivity index (χ2v) is 6.93. The molecule has 3 heteroatoms. The Morgan fingerprint density at radius 2 is 2.21 bits per heavy atom. The summed E-state index contributed by atoms with van der Waals surface area (Å²) in [7, 11) is 0. The fourth-order valence-corrected chi connectivity index (χ4v) is 4.07. The molecular formula is C16H15BrOS. The molecule has 0 saturated carbocycles. The van der Waals surface area contributed by atoms with Crippen LogP contribution in [0.2, 0.25) is 0 Å². The van der Waals surface area contributed by atoms with Gasteiger partial charge in [0.15, 0.2) is 5.78 Å². The van der Waals surface area contributed by atoms with E-state index in [1.165, 1.54) is 10.4 Å². The molecular weight excluding hydrogens is 320 g/mol. The number of aryl methyl sites for hydroxylation is 2. The quantitative estimate of drug-likeness (QED) is 0.696. The molecule has 3 rings (SSSR count). The van der Waals surface area contributed by atoms with Crippen molar-refractivity contribution in [2.45, 2.75) is 32.1 Å². The molecule has 0 spiro atoms. The van der Waals surface area contributed by atoms with Gasteiger partial charge in [0.1, 0.15) is 0 Å². The van der Waals surface area contributed by atoms with Crippen molar-refractivity contribution in [2.24, 2.45) is 0 Å². The highest BCUT2D eigenvalue weighted by Gasteiger charge is 2.28. The minimum atomic E-state index is 0.0598. The summed E-state index contributed by atoms with van der Waals surface area (Å²) in [6.07, 6.45) is 3.24. The topological polar surface area (TPSA) is 17.1 Å². The number of hydrogen-bond donors (Lipinski definition) is 0. The molecule has 1 nitrogen and oxygen atoms in total. The molecule has 0 N–H and O–H groups in total. The van der Waals surface area contributed by atoms with Crippen LogP contribution in [0.5, 0.6) is 0 Å². The first-order valence-corrected chi connectivity index (χ1v) is 8.20. The molecule has 1 aromatic carbocycles. The molecule has 1 heterocycles. The van der Waals surface area contributed by atoms with Gasteiger partial charge < -0.3 is 0 Å². The van der Waals surface area contributed by atoms with Crippen LogP contribution in [0.25, 0.3) is 0 Å². The molecule has 2 aromatic rings. The Labute approximate surface area is 125 Å². The van der Waals surface area contributed by atoms with Crippen LogP contribution in [-0.4, -0.2) is 5.78 Å². The van der Waals surface area contributed by atoms with Gasteiger partial charge in [-0.05, 0) is 54.8 Å². The molecule has 1 aliphatic rings. The van der Waals surface area contributed by atoms with E-state index in [1.807, 2.05) is 25.1 Å². The minimum Gasteiger partial charge on any atom is -0.293 e. The van der Waals surface area contributed by atoms with Crippen LogP contribution in [0, 0.1) is 6.92 Å². The molecule has 98 valence electrons. The molecule has 1 aromatic heterocycles. The Bertz CT molecular complexity index is 629. The van der Waals surface area contributed by atoms with E-state index >= 15 is 0 Å². The lowest BCUT2D eigenvalue weighted by molar-refractivity contribution is 0.0951. The zero-order valence-corrected chi connectivity index (χ0v) is 13.2. The highest BCUT2D eigenvalue weighted by Crippen LogP contribution is 2.37. The van der Waals surface area contributed by atoms with Crippen molar-refractivity contribution in [3.8, 4) is 0 Å². The average Bonchev–Trinajstić information content (AvgIpc) is 2.89.